The molecule has 2 heteroatoms. The third-order valence-electron chi connectivity index (χ3n) is 3.56. The smallest absolute Gasteiger partial charge is 0.0111 e. The van der Waals surface area contributed by atoms with Crippen LogP contribution in [-0.2, 0) is 12.8 Å². The summed E-state index contributed by atoms with van der Waals surface area (Å²) in [6, 6.07) is 9.56. The van der Waals surface area contributed by atoms with Crippen LogP contribution in [0.15, 0.2) is 24.3 Å². The molecule has 1 unspecified atom stereocenters. The molecular weight excluding hydrogens is 208 g/mol. The third-order valence-corrected chi connectivity index (χ3v) is 3.56. The molecule has 1 aromatic rings. The molecule has 2 nitrogen and oxygen atoms in total. The van der Waals surface area contributed by atoms with Crippen LogP contribution < -0.4 is 5.32 Å². The number of hydrogen-bond acceptors (Lipinski definition) is 2. The van der Waals surface area contributed by atoms with E-state index >= 15 is 0 Å². The SMILES string of the molecule is CN(C)CCCNC1CCc2ccccc2C1. The van der Waals surface area contributed by atoms with Crippen molar-refractivity contribution in [3.8, 4) is 0 Å². The van der Waals surface area contributed by atoms with Gasteiger partial charge in [0.15, 0.2) is 0 Å². The lowest BCUT2D eigenvalue weighted by molar-refractivity contribution is 0.378. The molecule has 0 heterocycles. The van der Waals surface area contributed by atoms with Crippen LogP contribution in [0.5, 0.6) is 0 Å². The molecule has 1 aromatic carbocycles. The number of fused-ring (bicyclic) bond motifs is 1. The summed E-state index contributed by atoms with van der Waals surface area (Å²) >= 11 is 0. The molecule has 17 heavy (non-hydrogen) atoms. The van der Waals surface area contributed by atoms with Crippen LogP contribution in [0.2, 0.25) is 0 Å². The molecule has 1 atom stereocenters. The van der Waals surface area contributed by atoms with Gasteiger partial charge in [0.1, 0.15) is 0 Å². The number of hydrogen-bond donors (Lipinski definition) is 1. The van der Waals surface area contributed by atoms with Crippen molar-refractivity contribution in [3.63, 3.8) is 0 Å². The van der Waals surface area contributed by atoms with Crippen LogP contribution >= 0.6 is 0 Å². The molecule has 0 saturated carbocycles. The van der Waals surface area contributed by atoms with E-state index in [0.29, 0.717) is 6.04 Å². The molecule has 0 radical (unpaired) electrons. The van der Waals surface area contributed by atoms with E-state index in [1.54, 1.807) is 11.1 Å². The third kappa shape index (κ3) is 3.83. The van der Waals surface area contributed by atoms with Gasteiger partial charge in [0.2, 0.25) is 0 Å². The first kappa shape index (κ1) is 12.6. The Morgan fingerprint density at radius 3 is 2.76 bits per heavy atom. The molecule has 1 aliphatic carbocycles. The van der Waals surface area contributed by atoms with Crippen molar-refractivity contribution in [3.05, 3.63) is 35.4 Å². The fourth-order valence-electron chi connectivity index (χ4n) is 2.57. The molecule has 94 valence electrons. The van der Waals surface area contributed by atoms with Crippen molar-refractivity contribution >= 4 is 0 Å². The zero-order valence-corrected chi connectivity index (χ0v) is 11.1. The molecular formula is C15H24N2. The van der Waals surface area contributed by atoms with E-state index in [0.717, 1.165) is 6.54 Å². The highest BCUT2D eigenvalue weighted by atomic mass is 15.1. The Morgan fingerprint density at radius 1 is 1.24 bits per heavy atom. The first-order chi connectivity index (χ1) is 8.25. The summed E-state index contributed by atoms with van der Waals surface area (Å²) in [6.45, 7) is 2.32. The predicted molar refractivity (Wildman–Crippen MR) is 73.4 cm³/mol. The molecule has 0 fully saturated rings. The van der Waals surface area contributed by atoms with Gasteiger partial charge in [0.25, 0.3) is 0 Å². The second-order valence-electron chi connectivity index (χ2n) is 5.32. The van der Waals surface area contributed by atoms with Gasteiger partial charge in [-0.1, -0.05) is 24.3 Å². The summed E-state index contributed by atoms with van der Waals surface area (Å²) < 4.78 is 0. The van der Waals surface area contributed by atoms with Crippen LogP contribution in [0, 0.1) is 0 Å². The van der Waals surface area contributed by atoms with E-state index in [-0.39, 0.29) is 0 Å². The van der Waals surface area contributed by atoms with Gasteiger partial charge in [0.05, 0.1) is 0 Å². The quantitative estimate of drug-likeness (QED) is 0.782. The van der Waals surface area contributed by atoms with Crippen LogP contribution in [0.25, 0.3) is 0 Å². The predicted octanol–water partition coefficient (Wildman–Crippen LogP) is 2.09. The highest BCUT2D eigenvalue weighted by molar-refractivity contribution is 5.30. The van der Waals surface area contributed by atoms with Crippen molar-refractivity contribution in [2.24, 2.45) is 0 Å². The van der Waals surface area contributed by atoms with E-state index in [1.807, 2.05) is 0 Å². The molecule has 0 saturated heterocycles. The number of aryl methyl sites for hydroxylation is 1. The maximum Gasteiger partial charge on any atom is 0.0111 e. The Morgan fingerprint density at radius 2 is 2.00 bits per heavy atom. The van der Waals surface area contributed by atoms with Crippen molar-refractivity contribution in [2.45, 2.75) is 31.7 Å². The minimum absolute atomic E-state index is 0.687. The number of benzene rings is 1. The summed E-state index contributed by atoms with van der Waals surface area (Å²) in [7, 11) is 4.27. The van der Waals surface area contributed by atoms with E-state index in [9.17, 15) is 0 Å². The van der Waals surface area contributed by atoms with Crippen molar-refractivity contribution in [1.29, 1.82) is 0 Å². The minimum atomic E-state index is 0.687. The average molecular weight is 232 g/mol. The number of rotatable bonds is 5. The highest BCUT2D eigenvalue weighted by Crippen LogP contribution is 2.20. The summed E-state index contributed by atoms with van der Waals surface area (Å²) in [5.41, 5.74) is 3.10. The van der Waals surface area contributed by atoms with Crippen LogP contribution in [0.3, 0.4) is 0 Å². The first-order valence-electron chi connectivity index (χ1n) is 6.70. The lowest BCUT2D eigenvalue weighted by Gasteiger charge is -2.25. The fraction of sp³-hybridized carbons (Fsp3) is 0.600. The van der Waals surface area contributed by atoms with Gasteiger partial charge >= 0.3 is 0 Å². The Bertz CT molecular complexity index is 347. The van der Waals surface area contributed by atoms with Crippen molar-refractivity contribution in [1.82, 2.24) is 10.2 Å². The molecule has 1 N–H and O–H groups in total. The van der Waals surface area contributed by atoms with Crippen LogP contribution in [0.1, 0.15) is 24.0 Å². The topological polar surface area (TPSA) is 15.3 Å². The van der Waals surface area contributed by atoms with Gasteiger partial charge in [-0.15, -0.1) is 0 Å². The number of nitrogens with zero attached hydrogens (tertiary/aromatic N) is 1. The van der Waals surface area contributed by atoms with Crippen LogP contribution in [0.4, 0.5) is 0 Å². The maximum atomic E-state index is 3.69. The van der Waals surface area contributed by atoms with E-state index < -0.39 is 0 Å². The summed E-state index contributed by atoms with van der Waals surface area (Å²) in [4.78, 5) is 2.25. The summed E-state index contributed by atoms with van der Waals surface area (Å²) in [5.74, 6) is 0. The zero-order valence-electron chi connectivity index (χ0n) is 11.1. The molecule has 2 rings (SSSR count). The summed E-state index contributed by atoms with van der Waals surface area (Å²) in [6.07, 6.45) is 4.98. The largest absolute Gasteiger partial charge is 0.314 e. The van der Waals surface area contributed by atoms with E-state index in [2.05, 4.69) is 48.6 Å². The Kier molecular flexibility index (Phi) is 4.57. The standard InChI is InChI=1S/C15H24N2/c1-17(2)11-5-10-16-15-9-8-13-6-3-4-7-14(13)12-15/h3-4,6-7,15-16H,5,8-12H2,1-2H3. The van der Waals surface area contributed by atoms with Gasteiger partial charge in [-0.25, -0.2) is 0 Å². The molecule has 0 aliphatic heterocycles. The lowest BCUT2D eigenvalue weighted by atomic mass is 9.88. The monoisotopic (exact) mass is 232 g/mol. The van der Waals surface area contributed by atoms with Gasteiger partial charge < -0.3 is 10.2 Å². The van der Waals surface area contributed by atoms with Gasteiger partial charge in [0, 0.05) is 6.04 Å². The van der Waals surface area contributed by atoms with Gasteiger partial charge in [-0.2, -0.15) is 0 Å². The summed E-state index contributed by atoms with van der Waals surface area (Å²) in [5, 5.41) is 3.69. The molecule has 1 aliphatic rings. The Labute approximate surface area is 105 Å². The first-order valence-corrected chi connectivity index (χ1v) is 6.70. The Hall–Kier alpha value is -0.860. The number of nitrogens with one attached hydrogen (secondary N) is 1. The average Bonchev–Trinajstić information content (AvgIpc) is 2.34. The fourth-order valence-corrected chi connectivity index (χ4v) is 2.57. The second kappa shape index (κ2) is 6.18. The Balaban J connectivity index is 1.75. The normalized spacial score (nSPS) is 19.4. The molecule has 0 bridgehead atoms. The molecule has 0 spiro atoms. The second-order valence-corrected chi connectivity index (χ2v) is 5.32. The molecule has 0 amide bonds. The van der Waals surface area contributed by atoms with Crippen molar-refractivity contribution < 1.29 is 0 Å². The van der Waals surface area contributed by atoms with Gasteiger partial charge in [-0.3, -0.25) is 0 Å². The van der Waals surface area contributed by atoms with Crippen LogP contribution in [-0.4, -0.2) is 38.1 Å². The lowest BCUT2D eigenvalue weighted by Crippen LogP contribution is -2.36. The van der Waals surface area contributed by atoms with Crippen molar-refractivity contribution in [2.75, 3.05) is 27.2 Å². The zero-order chi connectivity index (χ0) is 12.1. The maximum absolute atomic E-state index is 3.69. The highest BCUT2D eigenvalue weighted by Gasteiger charge is 2.16. The van der Waals surface area contributed by atoms with Gasteiger partial charge in [-0.05, 0) is 64.0 Å². The van der Waals surface area contributed by atoms with E-state index in [1.165, 1.54) is 32.2 Å². The molecule has 0 aromatic heterocycles. The minimum Gasteiger partial charge on any atom is -0.314 e. The van der Waals surface area contributed by atoms with E-state index in [4.69, 9.17) is 0 Å².